The molecule has 10 heteroatoms. The van der Waals surface area contributed by atoms with E-state index in [1.807, 2.05) is 32.9 Å². The molecule has 0 radical (unpaired) electrons. The summed E-state index contributed by atoms with van der Waals surface area (Å²) in [6.07, 6.45) is 1.21. The van der Waals surface area contributed by atoms with Crippen molar-refractivity contribution in [3.8, 4) is 0 Å². The SMILES string of the molecule is [C-]#[N+]c1ccccc1Cn1c(=O)n(C)c2nc(Cl)cc(N3CCC[C@@H](NC(=O)OC(C)(C)C)C3)c21. The van der Waals surface area contributed by atoms with Crippen molar-refractivity contribution in [2.45, 2.75) is 51.8 Å². The molecule has 1 saturated heterocycles. The highest BCUT2D eigenvalue weighted by Gasteiger charge is 2.28. The molecule has 1 amide bonds. The predicted molar refractivity (Wildman–Crippen MR) is 136 cm³/mol. The number of fused-ring (bicyclic) bond motifs is 1. The number of halogens is 1. The van der Waals surface area contributed by atoms with Crippen LogP contribution in [0.2, 0.25) is 5.15 Å². The largest absolute Gasteiger partial charge is 0.444 e. The van der Waals surface area contributed by atoms with Gasteiger partial charge in [0.05, 0.1) is 12.3 Å². The lowest BCUT2D eigenvalue weighted by Gasteiger charge is -2.35. The number of amides is 1. The van der Waals surface area contributed by atoms with E-state index in [1.54, 1.807) is 29.8 Å². The monoisotopic (exact) mass is 496 g/mol. The maximum absolute atomic E-state index is 13.3. The summed E-state index contributed by atoms with van der Waals surface area (Å²) in [6.45, 7) is 14.5. The number of anilines is 1. The van der Waals surface area contributed by atoms with E-state index in [0.717, 1.165) is 30.6 Å². The number of hydrogen-bond donors (Lipinski definition) is 1. The van der Waals surface area contributed by atoms with Gasteiger partial charge in [-0.2, -0.15) is 0 Å². The number of piperidine rings is 1. The molecule has 1 N–H and O–H groups in total. The Kier molecular flexibility index (Phi) is 6.77. The predicted octanol–water partition coefficient (Wildman–Crippen LogP) is 4.48. The number of nitrogens with one attached hydrogen (secondary N) is 1. The van der Waals surface area contributed by atoms with E-state index < -0.39 is 11.7 Å². The van der Waals surface area contributed by atoms with E-state index >= 15 is 0 Å². The molecule has 3 heterocycles. The number of aryl methyl sites for hydroxylation is 1. The molecular formula is C25H29ClN6O3. The van der Waals surface area contributed by atoms with Crippen LogP contribution in [0.5, 0.6) is 0 Å². The topological polar surface area (TPSA) is 85.8 Å². The van der Waals surface area contributed by atoms with Crippen LogP contribution in [0.25, 0.3) is 16.0 Å². The van der Waals surface area contributed by atoms with E-state index in [9.17, 15) is 9.59 Å². The number of carbonyl (C=O) groups excluding carboxylic acids is 1. The van der Waals surface area contributed by atoms with Gasteiger partial charge in [-0.05, 0) is 39.2 Å². The van der Waals surface area contributed by atoms with Crippen LogP contribution >= 0.6 is 11.6 Å². The van der Waals surface area contributed by atoms with Crippen molar-refractivity contribution in [3.05, 3.63) is 62.9 Å². The molecule has 0 unspecified atom stereocenters. The number of pyridine rings is 1. The van der Waals surface area contributed by atoms with E-state index in [1.165, 1.54) is 4.57 Å². The zero-order chi connectivity index (χ0) is 25.3. The number of ether oxygens (including phenoxy) is 1. The number of hydrogen-bond acceptors (Lipinski definition) is 5. The molecule has 0 aliphatic carbocycles. The summed E-state index contributed by atoms with van der Waals surface area (Å²) in [4.78, 5) is 35.8. The lowest BCUT2D eigenvalue weighted by Crippen LogP contribution is -2.49. The average molecular weight is 497 g/mol. The van der Waals surface area contributed by atoms with Crippen molar-refractivity contribution in [2.75, 3.05) is 18.0 Å². The van der Waals surface area contributed by atoms with Gasteiger partial charge in [-0.3, -0.25) is 9.13 Å². The second kappa shape index (κ2) is 9.62. The molecular weight excluding hydrogens is 468 g/mol. The van der Waals surface area contributed by atoms with Gasteiger partial charge in [0.2, 0.25) is 0 Å². The number of rotatable bonds is 4. The Hall–Kier alpha value is -3.51. The third-order valence-electron chi connectivity index (χ3n) is 5.95. The van der Waals surface area contributed by atoms with E-state index in [-0.39, 0.29) is 23.4 Å². The average Bonchev–Trinajstić information content (AvgIpc) is 3.02. The summed E-state index contributed by atoms with van der Waals surface area (Å²) in [5, 5.41) is 3.25. The van der Waals surface area contributed by atoms with E-state index in [4.69, 9.17) is 22.9 Å². The number of alkyl carbamates (subject to hydrolysis) is 1. The van der Waals surface area contributed by atoms with E-state index in [2.05, 4.69) is 20.0 Å². The molecule has 35 heavy (non-hydrogen) atoms. The number of imidazole rings is 1. The van der Waals surface area contributed by atoms with Crippen LogP contribution in [-0.4, -0.2) is 44.9 Å². The zero-order valence-corrected chi connectivity index (χ0v) is 21.1. The van der Waals surface area contributed by atoms with Crippen LogP contribution in [0, 0.1) is 6.57 Å². The molecule has 0 bridgehead atoms. The third kappa shape index (κ3) is 5.28. The van der Waals surface area contributed by atoms with Crippen LogP contribution in [0.15, 0.2) is 35.1 Å². The molecule has 4 rings (SSSR count). The Morgan fingerprint density at radius 2 is 2.09 bits per heavy atom. The van der Waals surface area contributed by atoms with Gasteiger partial charge in [0.15, 0.2) is 11.3 Å². The highest BCUT2D eigenvalue weighted by molar-refractivity contribution is 6.30. The summed E-state index contributed by atoms with van der Waals surface area (Å²) in [7, 11) is 1.66. The zero-order valence-electron chi connectivity index (χ0n) is 20.3. The van der Waals surface area contributed by atoms with Gasteiger partial charge in [0, 0.05) is 38.8 Å². The fourth-order valence-electron chi connectivity index (χ4n) is 4.44. The second-order valence-electron chi connectivity index (χ2n) is 9.74. The van der Waals surface area contributed by atoms with Crippen molar-refractivity contribution in [1.82, 2.24) is 19.4 Å². The highest BCUT2D eigenvalue weighted by Crippen LogP contribution is 2.31. The van der Waals surface area contributed by atoms with Crippen molar-refractivity contribution in [2.24, 2.45) is 7.05 Å². The first-order valence-corrected chi connectivity index (χ1v) is 11.9. The first-order chi connectivity index (χ1) is 16.6. The fourth-order valence-corrected chi connectivity index (χ4v) is 4.63. The quantitative estimate of drug-likeness (QED) is 0.425. The summed E-state index contributed by atoms with van der Waals surface area (Å²) in [6, 6.07) is 8.90. The van der Waals surface area contributed by atoms with Crippen molar-refractivity contribution >= 4 is 40.2 Å². The molecule has 0 spiro atoms. The molecule has 3 aromatic rings. The molecule has 1 aliphatic heterocycles. The van der Waals surface area contributed by atoms with Gasteiger partial charge in [-0.25, -0.2) is 19.4 Å². The first-order valence-electron chi connectivity index (χ1n) is 11.5. The minimum Gasteiger partial charge on any atom is -0.444 e. The molecule has 1 atom stereocenters. The molecule has 9 nitrogen and oxygen atoms in total. The van der Waals surface area contributed by atoms with Gasteiger partial charge in [-0.1, -0.05) is 35.9 Å². The van der Waals surface area contributed by atoms with Gasteiger partial charge in [0.25, 0.3) is 0 Å². The van der Waals surface area contributed by atoms with E-state index in [0.29, 0.717) is 23.4 Å². The number of nitrogens with zero attached hydrogens (tertiary/aromatic N) is 5. The number of aromatic nitrogens is 3. The first kappa shape index (κ1) is 24.6. The second-order valence-corrected chi connectivity index (χ2v) is 10.1. The highest BCUT2D eigenvalue weighted by atomic mass is 35.5. The van der Waals surface area contributed by atoms with Gasteiger partial charge in [-0.15, -0.1) is 0 Å². The maximum Gasteiger partial charge on any atom is 0.407 e. The lowest BCUT2D eigenvalue weighted by molar-refractivity contribution is 0.0500. The summed E-state index contributed by atoms with van der Waals surface area (Å²) in [5.74, 6) is 0. The molecule has 2 aromatic heterocycles. The molecule has 1 aromatic carbocycles. The summed E-state index contributed by atoms with van der Waals surface area (Å²) >= 11 is 6.39. The molecule has 1 fully saturated rings. The van der Waals surface area contributed by atoms with Crippen LogP contribution in [0.1, 0.15) is 39.2 Å². The summed E-state index contributed by atoms with van der Waals surface area (Å²) < 4.78 is 8.54. The van der Waals surface area contributed by atoms with Gasteiger partial charge < -0.3 is 15.0 Å². The maximum atomic E-state index is 13.3. The van der Waals surface area contributed by atoms with Crippen molar-refractivity contribution < 1.29 is 9.53 Å². The standard InChI is InChI=1S/C25H29ClN6O3/c1-25(2,3)35-23(33)28-17-10-8-12-31(15-17)19-13-20(26)29-22-21(19)32(24(34)30(22)5)14-16-9-6-7-11-18(16)27-4/h6-7,9,11,13,17H,8,10,12,14-15H2,1-3,5H3,(H,28,33)/t17-/m1/s1. The van der Waals surface area contributed by atoms with Crippen LogP contribution < -0.4 is 15.9 Å². The third-order valence-corrected chi connectivity index (χ3v) is 6.15. The summed E-state index contributed by atoms with van der Waals surface area (Å²) in [5.41, 5.74) is 2.33. The van der Waals surface area contributed by atoms with Gasteiger partial charge in [0.1, 0.15) is 16.3 Å². The Morgan fingerprint density at radius 1 is 1.34 bits per heavy atom. The van der Waals surface area contributed by atoms with Crippen LogP contribution in [-0.2, 0) is 18.3 Å². The Morgan fingerprint density at radius 3 is 2.80 bits per heavy atom. The number of carbonyl (C=O) groups is 1. The van der Waals surface area contributed by atoms with Gasteiger partial charge >= 0.3 is 11.8 Å². The fraction of sp³-hybridized carbons (Fsp3) is 0.440. The molecule has 1 aliphatic rings. The normalized spacial score (nSPS) is 16.2. The van der Waals surface area contributed by atoms with Crippen LogP contribution in [0.3, 0.4) is 0 Å². The Balaban J connectivity index is 1.72. The lowest BCUT2D eigenvalue weighted by atomic mass is 10.0. The molecule has 184 valence electrons. The van der Waals surface area contributed by atoms with Crippen molar-refractivity contribution in [3.63, 3.8) is 0 Å². The number of benzene rings is 1. The smallest absolute Gasteiger partial charge is 0.407 e. The minimum absolute atomic E-state index is 0.118. The van der Waals surface area contributed by atoms with Crippen LogP contribution in [0.4, 0.5) is 16.2 Å². The Labute approximate surface area is 209 Å². The van der Waals surface area contributed by atoms with Crippen molar-refractivity contribution in [1.29, 1.82) is 0 Å². The Bertz CT molecular complexity index is 1360. The minimum atomic E-state index is -0.578. The molecule has 0 saturated carbocycles. The number of para-hydroxylation sites is 1.